The fourth-order valence-electron chi connectivity index (χ4n) is 2.43. The van der Waals surface area contributed by atoms with E-state index in [1.165, 1.54) is 12.0 Å². The van der Waals surface area contributed by atoms with E-state index in [1.807, 2.05) is 12.1 Å². The Bertz CT molecular complexity index is 436. The highest BCUT2D eigenvalue weighted by atomic mass is 17.2. The Hall–Kier alpha value is -1.35. The Labute approximate surface area is 121 Å². The average Bonchev–Trinajstić information content (AvgIpc) is 2.45. The van der Waals surface area contributed by atoms with Crippen LogP contribution in [-0.4, -0.2) is 12.1 Å². The van der Waals surface area contributed by atoms with Gasteiger partial charge >= 0.3 is 5.97 Å². The third kappa shape index (κ3) is 4.07. The Morgan fingerprint density at radius 1 is 1.05 bits per heavy atom. The molecule has 0 spiro atoms. The first-order valence-electron chi connectivity index (χ1n) is 7.45. The second-order valence-electron chi connectivity index (χ2n) is 6.55. The molecule has 0 bridgehead atoms. The second kappa shape index (κ2) is 6.40. The lowest BCUT2D eigenvalue weighted by molar-refractivity contribution is -0.279. The van der Waals surface area contributed by atoms with Gasteiger partial charge in [-0.1, -0.05) is 52.2 Å². The molecule has 110 valence electrons. The smallest absolute Gasteiger partial charge is 0.293 e. The minimum absolute atomic E-state index is 0.0709. The molecular formula is C17H24O3. The van der Waals surface area contributed by atoms with Gasteiger partial charge in [0.15, 0.2) is 0 Å². The summed E-state index contributed by atoms with van der Waals surface area (Å²) in [5, 5.41) is 0. The molecule has 1 saturated carbocycles. The highest BCUT2D eigenvalue weighted by Gasteiger charge is 2.18. The molecule has 2 rings (SSSR count). The molecule has 0 aromatic heterocycles. The molecule has 0 heterocycles. The maximum atomic E-state index is 11.9. The largest absolute Gasteiger partial charge is 0.373 e. The molecule has 0 amide bonds. The van der Waals surface area contributed by atoms with Crippen molar-refractivity contribution in [1.82, 2.24) is 0 Å². The van der Waals surface area contributed by atoms with Crippen molar-refractivity contribution in [2.45, 2.75) is 64.4 Å². The summed E-state index contributed by atoms with van der Waals surface area (Å²) >= 11 is 0. The topological polar surface area (TPSA) is 35.5 Å². The van der Waals surface area contributed by atoms with Crippen LogP contribution in [0.25, 0.3) is 0 Å². The van der Waals surface area contributed by atoms with Crippen LogP contribution in [0.2, 0.25) is 0 Å². The number of benzene rings is 1. The zero-order valence-corrected chi connectivity index (χ0v) is 12.6. The molecule has 3 heteroatoms. The van der Waals surface area contributed by atoms with Crippen LogP contribution in [0.4, 0.5) is 0 Å². The van der Waals surface area contributed by atoms with Crippen molar-refractivity contribution in [2.75, 3.05) is 0 Å². The number of hydrogen-bond donors (Lipinski definition) is 0. The van der Waals surface area contributed by atoms with Gasteiger partial charge < -0.3 is 0 Å². The summed E-state index contributed by atoms with van der Waals surface area (Å²) in [7, 11) is 0. The van der Waals surface area contributed by atoms with E-state index in [9.17, 15) is 4.79 Å². The summed E-state index contributed by atoms with van der Waals surface area (Å²) in [5.41, 5.74) is 1.82. The van der Waals surface area contributed by atoms with Crippen molar-refractivity contribution in [1.29, 1.82) is 0 Å². The second-order valence-corrected chi connectivity index (χ2v) is 6.55. The molecule has 0 aliphatic heterocycles. The number of carbonyl (C=O) groups excluding carboxylic acids is 1. The van der Waals surface area contributed by atoms with E-state index < -0.39 is 5.97 Å². The Morgan fingerprint density at radius 3 is 2.20 bits per heavy atom. The highest BCUT2D eigenvalue weighted by molar-refractivity contribution is 5.88. The summed E-state index contributed by atoms with van der Waals surface area (Å²) in [6.07, 6.45) is 5.60. The van der Waals surface area contributed by atoms with Gasteiger partial charge in [0.1, 0.15) is 6.10 Å². The van der Waals surface area contributed by atoms with E-state index in [1.54, 1.807) is 12.1 Å². The predicted molar refractivity (Wildman–Crippen MR) is 78.5 cm³/mol. The first kappa shape index (κ1) is 15.0. The third-order valence-corrected chi connectivity index (χ3v) is 3.80. The van der Waals surface area contributed by atoms with E-state index >= 15 is 0 Å². The first-order chi connectivity index (χ1) is 9.47. The molecule has 0 radical (unpaired) electrons. The Morgan fingerprint density at radius 2 is 1.65 bits per heavy atom. The zero-order chi connectivity index (χ0) is 14.6. The SMILES string of the molecule is CC(C)(C)c1ccc(C(=O)OOC2CCCCC2)cc1. The molecule has 0 unspecified atom stereocenters. The van der Waals surface area contributed by atoms with Gasteiger partial charge in [0.25, 0.3) is 0 Å². The lowest BCUT2D eigenvalue weighted by atomic mass is 9.87. The van der Waals surface area contributed by atoms with Crippen LogP contribution < -0.4 is 0 Å². The van der Waals surface area contributed by atoms with E-state index in [2.05, 4.69) is 20.8 Å². The van der Waals surface area contributed by atoms with E-state index in [0.29, 0.717) is 5.56 Å². The van der Waals surface area contributed by atoms with Crippen molar-refractivity contribution in [2.24, 2.45) is 0 Å². The summed E-state index contributed by atoms with van der Waals surface area (Å²) in [5.74, 6) is -0.406. The normalized spacial score (nSPS) is 16.9. The Kier molecular flexibility index (Phi) is 4.81. The summed E-state index contributed by atoms with van der Waals surface area (Å²) < 4.78 is 0. The fourth-order valence-corrected chi connectivity index (χ4v) is 2.43. The molecule has 1 aliphatic rings. The number of carbonyl (C=O) groups is 1. The van der Waals surface area contributed by atoms with Crippen LogP contribution in [0.15, 0.2) is 24.3 Å². The zero-order valence-electron chi connectivity index (χ0n) is 12.6. The molecule has 1 aliphatic carbocycles. The van der Waals surface area contributed by atoms with Crippen molar-refractivity contribution < 1.29 is 14.6 Å². The third-order valence-electron chi connectivity index (χ3n) is 3.80. The van der Waals surface area contributed by atoms with Crippen LogP contribution >= 0.6 is 0 Å². The molecule has 0 N–H and O–H groups in total. The standard InChI is InChI=1S/C17H24O3/c1-17(2,3)14-11-9-13(10-12-14)16(18)20-19-15-7-5-4-6-8-15/h9-12,15H,4-8H2,1-3H3. The van der Waals surface area contributed by atoms with Gasteiger partial charge in [-0.15, -0.1) is 0 Å². The molecule has 3 nitrogen and oxygen atoms in total. The van der Waals surface area contributed by atoms with E-state index in [4.69, 9.17) is 9.78 Å². The predicted octanol–water partition coefficient (Wildman–Crippen LogP) is 4.41. The van der Waals surface area contributed by atoms with Gasteiger partial charge in [-0.25, -0.2) is 4.79 Å². The minimum atomic E-state index is -0.406. The van der Waals surface area contributed by atoms with Crippen LogP contribution in [0, 0.1) is 0 Å². The highest BCUT2D eigenvalue weighted by Crippen LogP contribution is 2.23. The summed E-state index contributed by atoms with van der Waals surface area (Å²) in [4.78, 5) is 22.1. The monoisotopic (exact) mass is 276 g/mol. The molecule has 20 heavy (non-hydrogen) atoms. The maximum Gasteiger partial charge on any atom is 0.373 e. The molecule has 0 atom stereocenters. The lowest BCUT2D eigenvalue weighted by Crippen LogP contribution is -2.19. The summed E-state index contributed by atoms with van der Waals surface area (Å²) in [6, 6.07) is 7.54. The minimum Gasteiger partial charge on any atom is -0.293 e. The molecule has 1 aromatic carbocycles. The summed E-state index contributed by atoms with van der Waals surface area (Å²) in [6.45, 7) is 6.44. The van der Waals surface area contributed by atoms with Crippen molar-refractivity contribution in [3.63, 3.8) is 0 Å². The van der Waals surface area contributed by atoms with Crippen LogP contribution in [0.3, 0.4) is 0 Å². The number of hydrogen-bond acceptors (Lipinski definition) is 3. The van der Waals surface area contributed by atoms with Gasteiger partial charge in [-0.3, -0.25) is 4.89 Å². The van der Waals surface area contributed by atoms with Gasteiger partial charge in [0.2, 0.25) is 0 Å². The maximum absolute atomic E-state index is 11.9. The first-order valence-corrected chi connectivity index (χ1v) is 7.45. The van der Waals surface area contributed by atoms with Gasteiger partial charge in [-0.2, -0.15) is 4.89 Å². The van der Waals surface area contributed by atoms with Gasteiger partial charge in [0, 0.05) is 0 Å². The quantitative estimate of drug-likeness (QED) is 0.606. The van der Waals surface area contributed by atoms with Crippen LogP contribution in [0.5, 0.6) is 0 Å². The fraction of sp³-hybridized carbons (Fsp3) is 0.588. The van der Waals surface area contributed by atoms with Crippen molar-refractivity contribution >= 4 is 5.97 Å². The van der Waals surface area contributed by atoms with Crippen molar-refractivity contribution in [3.8, 4) is 0 Å². The molecular weight excluding hydrogens is 252 g/mol. The molecule has 0 saturated heterocycles. The van der Waals surface area contributed by atoms with Crippen LogP contribution in [0.1, 0.15) is 68.8 Å². The number of rotatable bonds is 3. The van der Waals surface area contributed by atoms with Crippen LogP contribution in [-0.2, 0) is 15.2 Å². The average molecular weight is 276 g/mol. The van der Waals surface area contributed by atoms with Gasteiger partial charge in [0.05, 0.1) is 5.56 Å². The van der Waals surface area contributed by atoms with E-state index in [0.717, 1.165) is 25.7 Å². The molecule has 1 aromatic rings. The van der Waals surface area contributed by atoms with E-state index in [-0.39, 0.29) is 11.5 Å². The molecule has 1 fully saturated rings. The van der Waals surface area contributed by atoms with Gasteiger partial charge in [-0.05, 0) is 36.0 Å². The Balaban J connectivity index is 1.89. The van der Waals surface area contributed by atoms with Crippen molar-refractivity contribution in [3.05, 3.63) is 35.4 Å². The lowest BCUT2D eigenvalue weighted by Gasteiger charge is -2.20.